The lowest BCUT2D eigenvalue weighted by molar-refractivity contribution is 0.601. The van der Waals surface area contributed by atoms with Gasteiger partial charge in [-0.2, -0.15) is 5.26 Å². The number of sulfonamides is 1. The Morgan fingerprint density at radius 3 is 2.55 bits per heavy atom. The second-order valence-electron chi connectivity index (χ2n) is 4.28. The summed E-state index contributed by atoms with van der Waals surface area (Å²) in [6.07, 6.45) is 0. The van der Waals surface area contributed by atoms with Gasteiger partial charge in [0.15, 0.2) is 0 Å². The Balaban J connectivity index is 2.41. The molecule has 0 saturated heterocycles. The second kappa shape index (κ2) is 5.23. The molecule has 0 spiro atoms. The minimum absolute atomic E-state index is 0.108. The van der Waals surface area contributed by atoms with Crippen LogP contribution in [0.1, 0.15) is 11.1 Å². The van der Waals surface area contributed by atoms with Crippen molar-refractivity contribution in [3.05, 3.63) is 53.6 Å². The molecule has 5 nitrogen and oxygen atoms in total. The molecular formula is C14H13N3O2S. The molecule has 0 amide bonds. The lowest BCUT2D eigenvalue weighted by Crippen LogP contribution is -2.14. The van der Waals surface area contributed by atoms with E-state index in [1.807, 2.05) is 6.07 Å². The number of anilines is 2. The topological polar surface area (TPSA) is 96.0 Å². The van der Waals surface area contributed by atoms with Gasteiger partial charge in [-0.25, -0.2) is 8.42 Å². The van der Waals surface area contributed by atoms with Crippen molar-refractivity contribution in [2.24, 2.45) is 0 Å². The number of hydrogen-bond acceptors (Lipinski definition) is 4. The van der Waals surface area contributed by atoms with Gasteiger partial charge in [0.25, 0.3) is 10.0 Å². The maximum absolute atomic E-state index is 12.3. The van der Waals surface area contributed by atoms with E-state index in [4.69, 9.17) is 11.0 Å². The molecule has 0 aliphatic rings. The Morgan fingerprint density at radius 2 is 1.90 bits per heavy atom. The quantitative estimate of drug-likeness (QED) is 0.846. The molecule has 0 fully saturated rings. The van der Waals surface area contributed by atoms with Crippen molar-refractivity contribution in [3.8, 4) is 6.07 Å². The van der Waals surface area contributed by atoms with Crippen molar-refractivity contribution in [2.45, 2.75) is 11.8 Å². The monoisotopic (exact) mass is 287 g/mol. The molecule has 20 heavy (non-hydrogen) atoms. The van der Waals surface area contributed by atoms with Crippen molar-refractivity contribution < 1.29 is 8.42 Å². The van der Waals surface area contributed by atoms with E-state index < -0.39 is 10.0 Å². The molecule has 0 aromatic heterocycles. The average molecular weight is 287 g/mol. The predicted octanol–water partition coefficient (Wildman–Crippen LogP) is 2.25. The summed E-state index contributed by atoms with van der Waals surface area (Å²) in [5, 5.41) is 8.96. The van der Waals surface area contributed by atoms with Crippen LogP contribution in [0.15, 0.2) is 47.4 Å². The second-order valence-corrected chi connectivity index (χ2v) is 5.96. The fourth-order valence-corrected chi connectivity index (χ4v) is 2.85. The molecule has 2 aromatic rings. The lowest BCUT2D eigenvalue weighted by atomic mass is 10.2. The van der Waals surface area contributed by atoms with Gasteiger partial charge in [0.2, 0.25) is 0 Å². The van der Waals surface area contributed by atoms with E-state index in [1.165, 1.54) is 12.1 Å². The number of para-hydroxylation sites is 1. The van der Waals surface area contributed by atoms with Crippen LogP contribution < -0.4 is 10.5 Å². The Kier molecular flexibility index (Phi) is 3.63. The summed E-state index contributed by atoms with van der Waals surface area (Å²) in [7, 11) is -3.74. The summed E-state index contributed by atoms with van der Waals surface area (Å²) >= 11 is 0. The van der Waals surface area contributed by atoms with Crippen molar-refractivity contribution in [3.63, 3.8) is 0 Å². The van der Waals surface area contributed by atoms with Crippen LogP contribution >= 0.6 is 0 Å². The van der Waals surface area contributed by atoms with Gasteiger partial charge in [0, 0.05) is 5.69 Å². The molecule has 0 radical (unpaired) electrons. The summed E-state index contributed by atoms with van der Waals surface area (Å²) in [5.41, 5.74) is 7.40. The third-order valence-electron chi connectivity index (χ3n) is 2.84. The number of rotatable bonds is 3. The Bertz CT molecular complexity index is 792. The number of benzene rings is 2. The predicted molar refractivity (Wildman–Crippen MR) is 77.6 cm³/mol. The minimum Gasteiger partial charge on any atom is -0.399 e. The van der Waals surface area contributed by atoms with Gasteiger partial charge in [-0.15, -0.1) is 0 Å². The lowest BCUT2D eigenvalue weighted by Gasteiger charge is -2.10. The van der Waals surface area contributed by atoms with E-state index in [0.29, 0.717) is 11.3 Å². The number of nitrogens with zero attached hydrogens (tertiary/aromatic N) is 1. The van der Waals surface area contributed by atoms with Gasteiger partial charge in [-0.1, -0.05) is 12.1 Å². The molecule has 0 saturated carbocycles. The fraction of sp³-hybridized carbons (Fsp3) is 0.0714. The molecule has 2 aromatic carbocycles. The standard InChI is InChI=1S/C14H13N3O2S/c1-10-8-12(6-7-13(10)16)20(18,19)17-14-5-3-2-4-11(14)9-15/h2-8,17H,16H2,1H3. The third-order valence-corrected chi connectivity index (χ3v) is 4.21. The number of nitrogen functional groups attached to an aromatic ring is 1. The number of nitriles is 1. The Morgan fingerprint density at radius 1 is 1.20 bits per heavy atom. The van der Waals surface area contributed by atoms with Crippen molar-refractivity contribution in [1.82, 2.24) is 0 Å². The first-order chi connectivity index (χ1) is 9.44. The highest BCUT2D eigenvalue weighted by atomic mass is 32.2. The molecule has 102 valence electrons. The number of nitrogens with one attached hydrogen (secondary N) is 1. The maximum atomic E-state index is 12.3. The van der Waals surface area contributed by atoms with E-state index in [9.17, 15) is 8.42 Å². The van der Waals surface area contributed by atoms with Gasteiger partial charge < -0.3 is 5.73 Å². The van der Waals surface area contributed by atoms with Crippen LogP contribution in [0.25, 0.3) is 0 Å². The summed E-state index contributed by atoms with van der Waals surface area (Å²) in [6.45, 7) is 1.73. The molecular weight excluding hydrogens is 274 g/mol. The summed E-state index contributed by atoms with van der Waals surface area (Å²) in [5.74, 6) is 0. The van der Waals surface area contributed by atoms with Crippen LogP contribution in [0, 0.1) is 18.3 Å². The summed E-state index contributed by atoms with van der Waals surface area (Å²) in [6, 6.07) is 12.8. The molecule has 0 heterocycles. The zero-order valence-electron chi connectivity index (χ0n) is 10.8. The van der Waals surface area contributed by atoms with Crippen LogP contribution in [0.2, 0.25) is 0 Å². The molecule has 0 aliphatic carbocycles. The SMILES string of the molecule is Cc1cc(S(=O)(=O)Nc2ccccc2C#N)ccc1N. The Hall–Kier alpha value is -2.52. The van der Waals surface area contributed by atoms with Gasteiger partial charge >= 0.3 is 0 Å². The summed E-state index contributed by atoms with van der Waals surface area (Å²) in [4.78, 5) is 0.108. The molecule has 0 aliphatic heterocycles. The average Bonchev–Trinajstić information content (AvgIpc) is 2.42. The maximum Gasteiger partial charge on any atom is 0.261 e. The highest BCUT2D eigenvalue weighted by Crippen LogP contribution is 2.21. The molecule has 0 atom stereocenters. The molecule has 2 rings (SSSR count). The van der Waals surface area contributed by atoms with E-state index in [2.05, 4.69) is 4.72 Å². The highest BCUT2D eigenvalue weighted by Gasteiger charge is 2.16. The van der Waals surface area contributed by atoms with Gasteiger partial charge in [-0.05, 0) is 42.8 Å². The van der Waals surface area contributed by atoms with Crippen LogP contribution in [-0.4, -0.2) is 8.42 Å². The van der Waals surface area contributed by atoms with Gasteiger partial charge in [0.1, 0.15) is 6.07 Å². The normalized spacial score (nSPS) is 10.8. The first kappa shape index (κ1) is 13.9. The van der Waals surface area contributed by atoms with E-state index in [0.717, 1.165) is 0 Å². The minimum atomic E-state index is -3.74. The van der Waals surface area contributed by atoms with Crippen molar-refractivity contribution in [1.29, 1.82) is 5.26 Å². The zero-order valence-corrected chi connectivity index (χ0v) is 11.6. The van der Waals surface area contributed by atoms with Crippen molar-refractivity contribution >= 4 is 21.4 Å². The van der Waals surface area contributed by atoms with Gasteiger partial charge in [0.05, 0.1) is 16.1 Å². The number of aryl methyl sites for hydroxylation is 1. The van der Waals surface area contributed by atoms with Crippen LogP contribution in [0.5, 0.6) is 0 Å². The summed E-state index contributed by atoms with van der Waals surface area (Å²) < 4.78 is 27.0. The van der Waals surface area contributed by atoms with E-state index >= 15 is 0 Å². The van der Waals surface area contributed by atoms with Crippen molar-refractivity contribution in [2.75, 3.05) is 10.5 Å². The molecule has 3 N–H and O–H groups in total. The van der Waals surface area contributed by atoms with E-state index in [1.54, 1.807) is 37.3 Å². The number of nitrogens with two attached hydrogens (primary N) is 1. The van der Waals surface area contributed by atoms with Gasteiger partial charge in [-0.3, -0.25) is 4.72 Å². The largest absolute Gasteiger partial charge is 0.399 e. The number of hydrogen-bond donors (Lipinski definition) is 2. The van der Waals surface area contributed by atoms with E-state index in [-0.39, 0.29) is 16.1 Å². The van der Waals surface area contributed by atoms with Crippen LogP contribution in [0.4, 0.5) is 11.4 Å². The molecule has 0 bridgehead atoms. The molecule has 0 unspecified atom stereocenters. The smallest absolute Gasteiger partial charge is 0.261 e. The third kappa shape index (κ3) is 2.73. The first-order valence-corrected chi connectivity index (χ1v) is 7.30. The fourth-order valence-electron chi connectivity index (χ4n) is 1.69. The first-order valence-electron chi connectivity index (χ1n) is 5.82. The Labute approximate surface area is 117 Å². The molecule has 6 heteroatoms. The van der Waals surface area contributed by atoms with Crippen LogP contribution in [0.3, 0.4) is 0 Å². The zero-order chi connectivity index (χ0) is 14.8. The van der Waals surface area contributed by atoms with Crippen LogP contribution in [-0.2, 0) is 10.0 Å². The highest BCUT2D eigenvalue weighted by molar-refractivity contribution is 7.92.